The van der Waals surface area contributed by atoms with Crippen LogP contribution in [0.25, 0.3) is 0 Å². The van der Waals surface area contributed by atoms with E-state index in [-0.39, 0.29) is 30.5 Å². The Bertz CT molecular complexity index is 1130. The Hall–Kier alpha value is -3.74. The van der Waals surface area contributed by atoms with E-state index in [0.29, 0.717) is 29.0 Å². The van der Waals surface area contributed by atoms with E-state index in [1.807, 2.05) is 32.0 Å². The van der Waals surface area contributed by atoms with Crippen LogP contribution in [0.4, 0.5) is 4.39 Å². The minimum Gasteiger partial charge on any atom is -0.492 e. The van der Waals surface area contributed by atoms with E-state index in [0.717, 1.165) is 17.0 Å². The van der Waals surface area contributed by atoms with E-state index < -0.39 is 5.82 Å². The number of primary amides is 1. The van der Waals surface area contributed by atoms with Crippen LogP contribution in [0.1, 0.15) is 49.7 Å². The van der Waals surface area contributed by atoms with Crippen LogP contribution in [0.5, 0.6) is 11.5 Å². The number of halogens is 1. The highest BCUT2D eigenvalue weighted by molar-refractivity contribution is 6.00. The third kappa shape index (κ3) is 5.49. The molecule has 0 bridgehead atoms. The number of benzene rings is 2. The predicted molar refractivity (Wildman–Crippen MR) is 119 cm³/mol. The number of rotatable bonds is 4. The number of pyridine rings is 1. The van der Waals surface area contributed by atoms with Gasteiger partial charge in [0.2, 0.25) is 5.91 Å². The second-order valence-electron chi connectivity index (χ2n) is 7.49. The van der Waals surface area contributed by atoms with Gasteiger partial charge in [-0.15, -0.1) is 0 Å². The minimum atomic E-state index is -0.539. The first-order chi connectivity index (χ1) is 15.3. The Labute approximate surface area is 186 Å². The van der Waals surface area contributed by atoms with Gasteiger partial charge in [0.1, 0.15) is 12.4 Å². The molecule has 2 N–H and O–H groups in total. The number of ether oxygens (including phenoxy) is 2. The molecule has 0 radical (unpaired) electrons. The molecule has 1 aliphatic rings. The van der Waals surface area contributed by atoms with Crippen LogP contribution in [-0.4, -0.2) is 23.3 Å². The summed E-state index contributed by atoms with van der Waals surface area (Å²) in [6, 6.07) is 13.8. The zero-order valence-electron chi connectivity index (χ0n) is 18.3. The summed E-state index contributed by atoms with van der Waals surface area (Å²) in [4.78, 5) is 26.6. The number of ketones is 1. The number of nitrogens with zero attached hydrogens (tertiary/aromatic N) is 1. The van der Waals surface area contributed by atoms with Crippen LogP contribution in [0.15, 0.2) is 48.5 Å². The van der Waals surface area contributed by atoms with Crippen molar-refractivity contribution in [3.63, 3.8) is 0 Å². The molecule has 2 aromatic carbocycles. The van der Waals surface area contributed by atoms with Crippen LogP contribution < -0.4 is 15.2 Å². The smallest absolute Gasteiger partial charge is 0.248 e. The molecule has 4 rings (SSSR count). The monoisotopic (exact) mass is 436 g/mol. The van der Waals surface area contributed by atoms with E-state index >= 15 is 0 Å². The van der Waals surface area contributed by atoms with Crippen molar-refractivity contribution in [1.82, 2.24) is 4.98 Å². The molecule has 32 heavy (non-hydrogen) atoms. The number of aromatic nitrogens is 1. The molecule has 0 atom stereocenters. The zero-order valence-corrected chi connectivity index (χ0v) is 18.3. The van der Waals surface area contributed by atoms with Gasteiger partial charge in [0.05, 0.1) is 12.2 Å². The SMILES string of the molecule is Cc1cc(COc2c(F)cc3c(c2C)OCCC3=O)cc(C)n1.NC(=O)c1ccccc1. The molecule has 6 nitrogen and oxygen atoms in total. The average Bonchev–Trinajstić information content (AvgIpc) is 2.75. The maximum Gasteiger partial charge on any atom is 0.248 e. The predicted octanol–water partition coefficient (Wildman–Crippen LogP) is 4.48. The molecule has 7 heteroatoms. The molecule has 0 unspecified atom stereocenters. The molecule has 166 valence electrons. The largest absolute Gasteiger partial charge is 0.492 e. The molecule has 1 aromatic heterocycles. The lowest BCUT2D eigenvalue weighted by Crippen LogP contribution is -2.17. The summed E-state index contributed by atoms with van der Waals surface area (Å²) in [5.74, 6) is -0.455. The summed E-state index contributed by atoms with van der Waals surface area (Å²) in [5, 5.41) is 0. The normalized spacial score (nSPS) is 12.2. The third-order valence-corrected chi connectivity index (χ3v) is 4.87. The topological polar surface area (TPSA) is 91.5 Å². The quantitative estimate of drug-likeness (QED) is 0.651. The summed E-state index contributed by atoms with van der Waals surface area (Å²) < 4.78 is 25.5. The fourth-order valence-corrected chi connectivity index (χ4v) is 3.46. The second-order valence-corrected chi connectivity index (χ2v) is 7.49. The highest BCUT2D eigenvalue weighted by Gasteiger charge is 2.25. The molecular formula is C25H25FN2O4. The lowest BCUT2D eigenvalue weighted by atomic mass is 10.0. The van der Waals surface area contributed by atoms with Crippen molar-refractivity contribution >= 4 is 11.7 Å². The molecule has 3 aromatic rings. The number of carbonyl (C=O) groups excluding carboxylic acids is 2. The summed E-state index contributed by atoms with van der Waals surface area (Å²) in [7, 11) is 0. The van der Waals surface area contributed by atoms with Gasteiger partial charge in [0.15, 0.2) is 17.3 Å². The molecule has 0 spiro atoms. The first kappa shape index (κ1) is 22.9. The van der Waals surface area contributed by atoms with Crippen molar-refractivity contribution in [2.24, 2.45) is 5.73 Å². The van der Waals surface area contributed by atoms with Crippen LogP contribution in [0.3, 0.4) is 0 Å². The Morgan fingerprint density at radius 1 is 1.12 bits per heavy atom. The Balaban J connectivity index is 0.000000269. The van der Waals surface area contributed by atoms with Gasteiger partial charge in [0.25, 0.3) is 0 Å². The molecule has 2 heterocycles. The molecule has 1 amide bonds. The Morgan fingerprint density at radius 3 is 2.38 bits per heavy atom. The molecule has 0 saturated carbocycles. The summed E-state index contributed by atoms with van der Waals surface area (Å²) in [6.07, 6.45) is 0.279. The van der Waals surface area contributed by atoms with Gasteiger partial charge in [0, 0.05) is 28.9 Å². The first-order valence-corrected chi connectivity index (χ1v) is 10.2. The van der Waals surface area contributed by atoms with Gasteiger partial charge in [-0.1, -0.05) is 18.2 Å². The Kier molecular flexibility index (Phi) is 7.20. The number of nitrogens with two attached hydrogens (primary N) is 1. The highest BCUT2D eigenvalue weighted by Crippen LogP contribution is 2.37. The van der Waals surface area contributed by atoms with Crippen LogP contribution in [0, 0.1) is 26.6 Å². The van der Waals surface area contributed by atoms with Crippen molar-refractivity contribution < 1.29 is 23.5 Å². The van der Waals surface area contributed by atoms with Crippen molar-refractivity contribution in [2.75, 3.05) is 6.61 Å². The molecule has 0 aliphatic carbocycles. The van der Waals surface area contributed by atoms with Crippen molar-refractivity contribution in [3.05, 3.63) is 88.0 Å². The van der Waals surface area contributed by atoms with Gasteiger partial charge in [-0.25, -0.2) is 4.39 Å². The van der Waals surface area contributed by atoms with Gasteiger partial charge >= 0.3 is 0 Å². The summed E-state index contributed by atoms with van der Waals surface area (Å²) in [5.41, 5.74) is 9.05. The van der Waals surface area contributed by atoms with Crippen molar-refractivity contribution in [3.8, 4) is 11.5 Å². The highest BCUT2D eigenvalue weighted by atomic mass is 19.1. The average molecular weight is 436 g/mol. The maximum atomic E-state index is 14.3. The summed E-state index contributed by atoms with van der Waals surface area (Å²) >= 11 is 0. The zero-order chi connectivity index (χ0) is 23.3. The number of hydrogen-bond acceptors (Lipinski definition) is 5. The van der Waals surface area contributed by atoms with Crippen LogP contribution in [-0.2, 0) is 6.61 Å². The molecule has 0 saturated heterocycles. The molecular weight excluding hydrogens is 411 g/mol. The van der Waals surface area contributed by atoms with Crippen molar-refractivity contribution in [2.45, 2.75) is 33.8 Å². The number of Topliss-reactive ketones (excluding diaryl/α,β-unsaturated/α-hetero) is 1. The van der Waals surface area contributed by atoms with Crippen LogP contribution in [0.2, 0.25) is 0 Å². The number of aryl methyl sites for hydroxylation is 2. The number of amides is 1. The van der Waals surface area contributed by atoms with Gasteiger partial charge in [-0.2, -0.15) is 0 Å². The molecule has 0 fully saturated rings. The fraction of sp³-hybridized carbons (Fsp3) is 0.240. The maximum absolute atomic E-state index is 14.3. The van der Waals surface area contributed by atoms with Crippen LogP contribution >= 0.6 is 0 Å². The Morgan fingerprint density at radius 2 is 1.78 bits per heavy atom. The van der Waals surface area contributed by atoms with E-state index in [2.05, 4.69) is 4.98 Å². The lowest BCUT2D eigenvalue weighted by Gasteiger charge is -2.21. The van der Waals surface area contributed by atoms with Gasteiger partial charge in [-0.3, -0.25) is 14.6 Å². The molecule has 1 aliphatic heterocycles. The standard InChI is InChI=1S/C18H18FNO3.C7H7NO/c1-10-6-13(7-11(2)20-10)9-23-18-12(3)17-14(8-15(18)19)16(21)4-5-22-17;8-7(9)6-4-2-1-3-5-6/h6-8H,4-5,9H2,1-3H3;1-5H,(H2,8,9). The van der Waals surface area contributed by atoms with E-state index in [4.69, 9.17) is 15.2 Å². The number of hydrogen-bond donors (Lipinski definition) is 1. The van der Waals surface area contributed by atoms with Gasteiger partial charge in [-0.05, 0) is 56.7 Å². The first-order valence-electron chi connectivity index (χ1n) is 10.2. The van der Waals surface area contributed by atoms with E-state index in [1.54, 1.807) is 31.2 Å². The van der Waals surface area contributed by atoms with E-state index in [1.165, 1.54) is 6.07 Å². The van der Waals surface area contributed by atoms with Gasteiger partial charge < -0.3 is 15.2 Å². The van der Waals surface area contributed by atoms with E-state index in [9.17, 15) is 14.0 Å². The number of carbonyl (C=O) groups is 2. The summed E-state index contributed by atoms with van der Waals surface area (Å²) in [6.45, 7) is 6.06. The fourth-order valence-electron chi connectivity index (χ4n) is 3.46. The lowest BCUT2D eigenvalue weighted by molar-refractivity contribution is 0.0930. The number of fused-ring (bicyclic) bond motifs is 1. The second kappa shape index (κ2) is 10.0. The van der Waals surface area contributed by atoms with Crippen molar-refractivity contribution in [1.29, 1.82) is 0 Å². The minimum absolute atomic E-state index is 0.0971. The third-order valence-electron chi connectivity index (χ3n) is 4.87.